The molecule has 1 aliphatic rings. The predicted octanol–water partition coefficient (Wildman–Crippen LogP) is 3.52. The molecular formula is C7H5BrOS3. The van der Waals surface area contributed by atoms with Gasteiger partial charge in [0.2, 0.25) is 0 Å². The predicted molar refractivity (Wildman–Crippen MR) is 58.9 cm³/mol. The number of aldehydes is 1. The lowest BCUT2D eigenvalue weighted by atomic mass is 10.5. The smallest absolute Gasteiger partial charge is 0.161 e. The average Bonchev–Trinajstić information content (AvgIpc) is 2.44. The van der Waals surface area contributed by atoms with Gasteiger partial charge in [-0.1, -0.05) is 0 Å². The van der Waals surface area contributed by atoms with E-state index in [4.69, 9.17) is 0 Å². The molecule has 2 heterocycles. The molecule has 0 saturated carbocycles. The van der Waals surface area contributed by atoms with Crippen LogP contribution in [-0.4, -0.2) is 17.8 Å². The Morgan fingerprint density at radius 2 is 1.92 bits per heavy atom. The third-order valence-corrected chi connectivity index (χ3v) is 6.41. The zero-order chi connectivity index (χ0) is 8.55. The number of thiophene rings is 1. The van der Waals surface area contributed by atoms with Crippen molar-refractivity contribution >= 4 is 57.1 Å². The highest BCUT2D eigenvalue weighted by molar-refractivity contribution is 9.11. The number of carbonyl (C=O) groups is 1. The van der Waals surface area contributed by atoms with E-state index in [0.29, 0.717) is 0 Å². The molecule has 5 heteroatoms. The Morgan fingerprint density at radius 1 is 1.25 bits per heavy atom. The summed E-state index contributed by atoms with van der Waals surface area (Å²) in [6.45, 7) is 0. The maximum Gasteiger partial charge on any atom is 0.161 e. The second kappa shape index (κ2) is 3.74. The molecule has 12 heavy (non-hydrogen) atoms. The molecule has 2 rings (SSSR count). The summed E-state index contributed by atoms with van der Waals surface area (Å²) in [5.74, 6) is 2.26. The zero-order valence-electron chi connectivity index (χ0n) is 6.00. The molecule has 1 aromatic heterocycles. The summed E-state index contributed by atoms with van der Waals surface area (Å²) in [5.41, 5.74) is 0. The first-order chi connectivity index (χ1) is 5.83. The number of carbonyl (C=O) groups excluding carboxylic acids is 1. The summed E-state index contributed by atoms with van der Waals surface area (Å²) in [5, 5.41) is 0. The highest BCUT2D eigenvalue weighted by Crippen LogP contribution is 2.47. The minimum atomic E-state index is 0.870. The van der Waals surface area contributed by atoms with E-state index in [1.807, 2.05) is 11.8 Å². The zero-order valence-corrected chi connectivity index (χ0v) is 10.0. The standard InChI is InChI=1S/C7H5BrOS3/c8-7-6-5(4(3-9)12-7)10-1-2-11-6/h3H,1-2H2. The largest absolute Gasteiger partial charge is 0.297 e. The Bertz CT molecular complexity index is 321. The lowest BCUT2D eigenvalue weighted by Gasteiger charge is -2.10. The van der Waals surface area contributed by atoms with Crippen LogP contribution in [0.1, 0.15) is 9.67 Å². The number of hydrogen-bond acceptors (Lipinski definition) is 4. The van der Waals surface area contributed by atoms with E-state index in [-0.39, 0.29) is 0 Å². The van der Waals surface area contributed by atoms with Gasteiger partial charge < -0.3 is 0 Å². The van der Waals surface area contributed by atoms with Gasteiger partial charge in [-0.3, -0.25) is 4.79 Å². The van der Waals surface area contributed by atoms with Crippen LogP contribution in [0.2, 0.25) is 0 Å². The lowest BCUT2D eigenvalue weighted by molar-refractivity contribution is 0.112. The fourth-order valence-corrected chi connectivity index (χ4v) is 5.78. The lowest BCUT2D eigenvalue weighted by Crippen LogP contribution is -1.92. The summed E-state index contributed by atoms with van der Waals surface area (Å²) in [6, 6.07) is 0. The molecule has 1 nitrogen and oxygen atoms in total. The van der Waals surface area contributed by atoms with Crippen LogP contribution in [0.15, 0.2) is 13.6 Å². The van der Waals surface area contributed by atoms with Crippen LogP contribution in [-0.2, 0) is 0 Å². The summed E-state index contributed by atoms with van der Waals surface area (Å²) in [7, 11) is 0. The van der Waals surface area contributed by atoms with Crippen molar-refractivity contribution in [1.82, 2.24) is 0 Å². The molecule has 1 aliphatic heterocycles. The van der Waals surface area contributed by atoms with Crippen molar-refractivity contribution in [3.8, 4) is 0 Å². The Hall–Kier alpha value is 0.550. The third kappa shape index (κ3) is 1.47. The van der Waals surface area contributed by atoms with Crippen LogP contribution >= 0.6 is 50.8 Å². The van der Waals surface area contributed by atoms with Crippen molar-refractivity contribution in [1.29, 1.82) is 0 Å². The van der Waals surface area contributed by atoms with Crippen molar-refractivity contribution in [2.24, 2.45) is 0 Å². The van der Waals surface area contributed by atoms with Gasteiger partial charge in [0.05, 0.1) is 8.66 Å². The highest BCUT2D eigenvalue weighted by Gasteiger charge is 2.20. The SMILES string of the molecule is O=Cc1sc(Br)c2c1SCCS2. The summed E-state index contributed by atoms with van der Waals surface area (Å²) < 4.78 is 1.11. The molecule has 0 atom stereocenters. The molecule has 64 valence electrons. The van der Waals surface area contributed by atoms with E-state index in [1.54, 1.807) is 11.8 Å². The monoisotopic (exact) mass is 280 g/mol. The van der Waals surface area contributed by atoms with E-state index >= 15 is 0 Å². The topological polar surface area (TPSA) is 17.1 Å². The molecular weight excluding hydrogens is 276 g/mol. The normalized spacial score (nSPS) is 15.8. The molecule has 0 amide bonds. The summed E-state index contributed by atoms with van der Waals surface area (Å²) in [4.78, 5) is 14.0. The van der Waals surface area contributed by atoms with E-state index < -0.39 is 0 Å². The van der Waals surface area contributed by atoms with Crippen molar-refractivity contribution in [3.63, 3.8) is 0 Å². The Morgan fingerprint density at radius 3 is 2.58 bits per heavy atom. The van der Waals surface area contributed by atoms with Crippen LogP contribution in [0.4, 0.5) is 0 Å². The number of hydrogen-bond donors (Lipinski definition) is 0. The van der Waals surface area contributed by atoms with E-state index in [2.05, 4.69) is 15.9 Å². The number of thioether (sulfide) groups is 2. The molecule has 0 unspecified atom stereocenters. The van der Waals surface area contributed by atoms with Gasteiger partial charge in [-0.05, 0) is 15.9 Å². The molecule has 0 fully saturated rings. The maximum atomic E-state index is 10.7. The van der Waals surface area contributed by atoms with E-state index in [9.17, 15) is 4.79 Å². The number of halogens is 1. The molecule has 0 radical (unpaired) electrons. The molecule has 0 aromatic carbocycles. The van der Waals surface area contributed by atoms with Crippen molar-refractivity contribution in [3.05, 3.63) is 8.66 Å². The van der Waals surface area contributed by atoms with Crippen LogP contribution in [0.25, 0.3) is 0 Å². The third-order valence-electron chi connectivity index (χ3n) is 1.49. The van der Waals surface area contributed by atoms with Gasteiger partial charge in [-0.15, -0.1) is 34.9 Å². The second-order valence-electron chi connectivity index (χ2n) is 2.21. The molecule has 0 aliphatic carbocycles. The first-order valence-electron chi connectivity index (χ1n) is 3.36. The molecule has 0 saturated heterocycles. The van der Waals surface area contributed by atoms with Gasteiger partial charge >= 0.3 is 0 Å². The van der Waals surface area contributed by atoms with Crippen LogP contribution in [0.5, 0.6) is 0 Å². The average molecular weight is 281 g/mol. The number of fused-ring (bicyclic) bond motifs is 1. The van der Waals surface area contributed by atoms with E-state index in [0.717, 1.165) is 26.5 Å². The van der Waals surface area contributed by atoms with Crippen LogP contribution < -0.4 is 0 Å². The minimum absolute atomic E-state index is 0.870. The molecule has 0 bridgehead atoms. The fraction of sp³-hybridized carbons (Fsp3) is 0.286. The second-order valence-corrected chi connectivity index (χ2v) is 6.79. The van der Waals surface area contributed by atoms with E-state index in [1.165, 1.54) is 21.1 Å². The van der Waals surface area contributed by atoms with Gasteiger partial charge in [-0.2, -0.15) is 0 Å². The molecule has 0 N–H and O–H groups in total. The van der Waals surface area contributed by atoms with Crippen molar-refractivity contribution < 1.29 is 4.79 Å². The molecule has 0 spiro atoms. The summed E-state index contributed by atoms with van der Waals surface area (Å²) in [6.07, 6.45) is 0.952. The Kier molecular flexibility index (Phi) is 2.84. The summed E-state index contributed by atoms with van der Waals surface area (Å²) >= 11 is 8.63. The van der Waals surface area contributed by atoms with Crippen molar-refractivity contribution in [2.75, 3.05) is 11.5 Å². The Balaban J connectivity index is 2.53. The Labute approximate surface area is 91.4 Å². The van der Waals surface area contributed by atoms with Crippen molar-refractivity contribution in [2.45, 2.75) is 9.79 Å². The van der Waals surface area contributed by atoms with Gasteiger partial charge in [0.1, 0.15) is 0 Å². The first-order valence-corrected chi connectivity index (χ1v) is 6.94. The van der Waals surface area contributed by atoms with Crippen LogP contribution in [0, 0.1) is 0 Å². The quantitative estimate of drug-likeness (QED) is 0.733. The fourth-order valence-electron chi connectivity index (χ4n) is 1.01. The first kappa shape index (κ1) is 9.12. The van der Waals surface area contributed by atoms with Gasteiger partial charge in [-0.25, -0.2) is 0 Å². The minimum Gasteiger partial charge on any atom is -0.297 e. The van der Waals surface area contributed by atoms with Gasteiger partial charge in [0, 0.05) is 21.3 Å². The number of rotatable bonds is 1. The van der Waals surface area contributed by atoms with Crippen LogP contribution in [0.3, 0.4) is 0 Å². The highest BCUT2D eigenvalue weighted by atomic mass is 79.9. The van der Waals surface area contributed by atoms with Gasteiger partial charge in [0.25, 0.3) is 0 Å². The maximum absolute atomic E-state index is 10.7. The van der Waals surface area contributed by atoms with Gasteiger partial charge in [0.15, 0.2) is 6.29 Å². The molecule has 1 aromatic rings.